The second-order valence-corrected chi connectivity index (χ2v) is 1.81. The molecule has 2 N–H and O–H groups in total. The molecular formula is C5H8N4O. The largest absolute Gasteiger partial charge is 0.480 e. The van der Waals surface area contributed by atoms with Crippen LogP contribution >= 0.6 is 0 Å². The Kier molecular flexibility index (Phi) is 1.66. The lowest BCUT2D eigenvalue weighted by Gasteiger charge is -2.00. The number of aromatic nitrogens is 3. The highest BCUT2D eigenvalue weighted by Gasteiger charge is 2.03. The Balaban J connectivity index is 3.14. The first-order valence-corrected chi connectivity index (χ1v) is 2.75. The zero-order valence-electron chi connectivity index (χ0n) is 5.83. The van der Waals surface area contributed by atoms with Crippen LogP contribution in [0.25, 0.3) is 0 Å². The van der Waals surface area contributed by atoms with Gasteiger partial charge in [0.2, 0.25) is 5.88 Å². The van der Waals surface area contributed by atoms with Gasteiger partial charge in [-0.1, -0.05) is 5.10 Å². The molecule has 0 aromatic carbocycles. The maximum absolute atomic E-state index is 5.40. The summed E-state index contributed by atoms with van der Waals surface area (Å²) in [5, 5.41) is 10.5. The van der Waals surface area contributed by atoms with Crippen LogP contribution in [-0.2, 0) is 0 Å². The van der Waals surface area contributed by atoms with Gasteiger partial charge in [-0.3, -0.25) is 0 Å². The molecule has 1 aromatic rings. The Bertz CT molecular complexity index is 237. The molecule has 0 radical (unpaired) electrons. The molecule has 0 saturated carbocycles. The van der Waals surface area contributed by atoms with E-state index in [-0.39, 0.29) is 0 Å². The average molecular weight is 140 g/mol. The zero-order chi connectivity index (χ0) is 7.56. The molecule has 0 fully saturated rings. The van der Waals surface area contributed by atoms with Gasteiger partial charge in [-0.05, 0) is 12.1 Å². The van der Waals surface area contributed by atoms with Crippen molar-refractivity contribution in [3.05, 3.63) is 5.56 Å². The highest BCUT2D eigenvalue weighted by atomic mass is 16.5. The van der Waals surface area contributed by atoms with Gasteiger partial charge in [0.15, 0.2) is 5.82 Å². The first-order chi connectivity index (χ1) is 4.75. The molecule has 5 nitrogen and oxygen atoms in total. The van der Waals surface area contributed by atoms with E-state index >= 15 is 0 Å². The van der Waals surface area contributed by atoms with Crippen molar-refractivity contribution >= 4 is 5.82 Å². The third-order valence-corrected chi connectivity index (χ3v) is 1.19. The summed E-state index contributed by atoms with van der Waals surface area (Å²) in [6, 6.07) is 0. The molecule has 0 atom stereocenters. The van der Waals surface area contributed by atoms with Gasteiger partial charge in [-0.2, -0.15) is 0 Å². The molecule has 1 rings (SSSR count). The van der Waals surface area contributed by atoms with Crippen LogP contribution < -0.4 is 10.5 Å². The summed E-state index contributed by atoms with van der Waals surface area (Å²) in [5.41, 5.74) is 6.12. The summed E-state index contributed by atoms with van der Waals surface area (Å²) in [5.74, 6) is 0.777. The maximum Gasteiger partial charge on any atom is 0.241 e. The van der Waals surface area contributed by atoms with Crippen LogP contribution in [0.2, 0.25) is 0 Å². The molecule has 1 heterocycles. The predicted molar refractivity (Wildman–Crippen MR) is 35.5 cm³/mol. The normalized spacial score (nSPS) is 9.40. The van der Waals surface area contributed by atoms with Gasteiger partial charge >= 0.3 is 0 Å². The second kappa shape index (κ2) is 2.47. The van der Waals surface area contributed by atoms with Gasteiger partial charge in [0.05, 0.1) is 12.7 Å². The molecule has 5 heteroatoms. The molecule has 10 heavy (non-hydrogen) atoms. The quantitative estimate of drug-likeness (QED) is 0.583. The average Bonchev–Trinajstić information content (AvgIpc) is 1.95. The third kappa shape index (κ3) is 0.975. The number of hydrogen-bond donors (Lipinski definition) is 1. The minimum Gasteiger partial charge on any atom is -0.480 e. The summed E-state index contributed by atoms with van der Waals surface area (Å²) >= 11 is 0. The van der Waals surface area contributed by atoms with Gasteiger partial charge in [0.25, 0.3) is 0 Å². The van der Waals surface area contributed by atoms with E-state index in [9.17, 15) is 0 Å². The number of nitrogen functional groups attached to an aromatic ring is 1. The van der Waals surface area contributed by atoms with E-state index in [4.69, 9.17) is 10.5 Å². The minimum absolute atomic E-state index is 0.354. The molecule has 0 saturated heterocycles. The van der Waals surface area contributed by atoms with Crippen LogP contribution in [-0.4, -0.2) is 22.5 Å². The lowest BCUT2D eigenvalue weighted by Crippen LogP contribution is -2.02. The fourth-order valence-corrected chi connectivity index (χ4v) is 0.565. The number of nitrogens with two attached hydrogens (primary N) is 1. The van der Waals surface area contributed by atoms with E-state index in [0.717, 1.165) is 5.56 Å². The Hall–Kier alpha value is -1.39. The summed E-state index contributed by atoms with van der Waals surface area (Å²) in [7, 11) is 1.51. The van der Waals surface area contributed by atoms with Crippen molar-refractivity contribution in [1.82, 2.24) is 15.4 Å². The van der Waals surface area contributed by atoms with Crippen molar-refractivity contribution in [2.24, 2.45) is 0 Å². The molecule has 0 bridgehead atoms. The fourth-order valence-electron chi connectivity index (χ4n) is 0.565. The Morgan fingerprint density at radius 3 is 2.60 bits per heavy atom. The number of nitrogens with zero attached hydrogens (tertiary/aromatic N) is 3. The SMILES string of the molecule is COc1nnnc(N)c1C. The minimum atomic E-state index is 0.354. The third-order valence-electron chi connectivity index (χ3n) is 1.19. The number of hydrogen-bond acceptors (Lipinski definition) is 5. The van der Waals surface area contributed by atoms with Crippen molar-refractivity contribution < 1.29 is 4.74 Å². The number of anilines is 1. The van der Waals surface area contributed by atoms with E-state index in [1.165, 1.54) is 7.11 Å². The molecular weight excluding hydrogens is 132 g/mol. The predicted octanol–water partition coefficient (Wildman–Crippen LogP) is -0.229. The lowest BCUT2D eigenvalue weighted by molar-refractivity contribution is 0.386. The fraction of sp³-hybridized carbons (Fsp3) is 0.400. The smallest absolute Gasteiger partial charge is 0.241 e. The zero-order valence-corrected chi connectivity index (χ0v) is 5.83. The number of rotatable bonds is 1. The van der Waals surface area contributed by atoms with Crippen LogP contribution in [0.15, 0.2) is 0 Å². The summed E-state index contributed by atoms with van der Waals surface area (Å²) < 4.78 is 4.83. The van der Waals surface area contributed by atoms with E-state index < -0.39 is 0 Å². The van der Waals surface area contributed by atoms with Crippen LogP contribution in [0, 0.1) is 6.92 Å². The van der Waals surface area contributed by atoms with E-state index in [0.29, 0.717) is 11.7 Å². The van der Waals surface area contributed by atoms with Crippen LogP contribution in [0.5, 0.6) is 5.88 Å². The highest BCUT2D eigenvalue weighted by molar-refractivity contribution is 5.41. The first kappa shape index (κ1) is 6.73. The van der Waals surface area contributed by atoms with Crippen molar-refractivity contribution in [2.75, 3.05) is 12.8 Å². The monoisotopic (exact) mass is 140 g/mol. The van der Waals surface area contributed by atoms with Gasteiger partial charge < -0.3 is 10.5 Å². The van der Waals surface area contributed by atoms with Crippen molar-refractivity contribution in [1.29, 1.82) is 0 Å². The van der Waals surface area contributed by atoms with Gasteiger partial charge in [0.1, 0.15) is 0 Å². The van der Waals surface area contributed by atoms with Crippen molar-refractivity contribution in [3.63, 3.8) is 0 Å². The molecule has 0 spiro atoms. The van der Waals surface area contributed by atoms with E-state index in [1.807, 2.05) is 0 Å². The van der Waals surface area contributed by atoms with Gasteiger partial charge in [0, 0.05) is 0 Å². The van der Waals surface area contributed by atoms with Crippen LogP contribution in [0.3, 0.4) is 0 Å². The Morgan fingerprint density at radius 1 is 1.40 bits per heavy atom. The Labute approximate surface area is 58.2 Å². The molecule has 1 aromatic heterocycles. The van der Waals surface area contributed by atoms with Gasteiger partial charge in [-0.25, -0.2) is 0 Å². The summed E-state index contributed by atoms with van der Waals surface area (Å²) in [6.07, 6.45) is 0. The van der Waals surface area contributed by atoms with E-state index in [1.54, 1.807) is 6.92 Å². The molecule has 0 aliphatic heterocycles. The standard InChI is InChI=1S/C5H8N4O/c1-3-4(6)7-9-8-5(3)10-2/h1-2H3,(H2,6,7,8). The summed E-state index contributed by atoms with van der Waals surface area (Å²) in [4.78, 5) is 0. The van der Waals surface area contributed by atoms with Crippen molar-refractivity contribution in [2.45, 2.75) is 6.92 Å². The summed E-state index contributed by atoms with van der Waals surface area (Å²) in [6.45, 7) is 1.77. The maximum atomic E-state index is 5.40. The highest BCUT2D eigenvalue weighted by Crippen LogP contribution is 2.14. The lowest BCUT2D eigenvalue weighted by atomic mass is 10.3. The van der Waals surface area contributed by atoms with E-state index in [2.05, 4.69) is 15.4 Å². The molecule has 0 aliphatic rings. The number of ether oxygens (including phenoxy) is 1. The first-order valence-electron chi connectivity index (χ1n) is 2.75. The molecule has 54 valence electrons. The van der Waals surface area contributed by atoms with Crippen LogP contribution in [0.4, 0.5) is 5.82 Å². The van der Waals surface area contributed by atoms with Crippen molar-refractivity contribution in [3.8, 4) is 5.88 Å². The second-order valence-electron chi connectivity index (χ2n) is 1.81. The molecule has 0 unspecified atom stereocenters. The van der Waals surface area contributed by atoms with Crippen LogP contribution in [0.1, 0.15) is 5.56 Å². The number of methoxy groups -OCH3 is 1. The Morgan fingerprint density at radius 2 is 2.10 bits per heavy atom. The topological polar surface area (TPSA) is 73.9 Å². The molecule has 0 amide bonds. The molecule has 0 aliphatic carbocycles. The van der Waals surface area contributed by atoms with Gasteiger partial charge in [-0.15, -0.1) is 5.10 Å².